The minimum Gasteiger partial charge on any atom is -0.330 e. The SMILES string of the molecule is Cn1c(CN2CCc3nc(-c4cncnc4)[nH]c(=O)c3C2)nc2ccccc21. The molecule has 4 aromatic rings. The molecule has 1 aliphatic heterocycles. The van der Waals surface area contributed by atoms with Crippen molar-refractivity contribution in [2.75, 3.05) is 6.54 Å². The fourth-order valence-corrected chi connectivity index (χ4v) is 3.71. The Bertz CT molecular complexity index is 1210. The van der Waals surface area contributed by atoms with Gasteiger partial charge in [-0.2, -0.15) is 0 Å². The van der Waals surface area contributed by atoms with E-state index in [1.54, 1.807) is 12.4 Å². The minimum atomic E-state index is -0.0986. The number of nitrogens with one attached hydrogen (secondary N) is 1. The van der Waals surface area contributed by atoms with Crippen LogP contribution >= 0.6 is 0 Å². The molecular formula is C20H19N7O. The topological polar surface area (TPSA) is 92.6 Å². The Balaban J connectivity index is 1.42. The number of H-pyrrole nitrogens is 1. The summed E-state index contributed by atoms with van der Waals surface area (Å²) in [4.78, 5) is 35.2. The van der Waals surface area contributed by atoms with E-state index in [1.165, 1.54) is 6.33 Å². The lowest BCUT2D eigenvalue weighted by Crippen LogP contribution is -2.36. The highest BCUT2D eigenvalue weighted by Crippen LogP contribution is 2.20. The lowest BCUT2D eigenvalue weighted by Gasteiger charge is -2.27. The van der Waals surface area contributed by atoms with Gasteiger partial charge in [0.1, 0.15) is 18.0 Å². The van der Waals surface area contributed by atoms with Gasteiger partial charge < -0.3 is 9.55 Å². The largest absolute Gasteiger partial charge is 0.330 e. The van der Waals surface area contributed by atoms with Gasteiger partial charge in [-0.15, -0.1) is 0 Å². The van der Waals surface area contributed by atoms with Gasteiger partial charge in [-0.3, -0.25) is 9.69 Å². The summed E-state index contributed by atoms with van der Waals surface area (Å²) < 4.78 is 2.12. The molecule has 28 heavy (non-hydrogen) atoms. The predicted octanol–water partition coefficient (Wildman–Crippen LogP) is 1.67. The molecule has 1 aromatic carbocycles. The first kappa shape index (κ1) is 16.8. The predicted molar refractivity (Wildman–Crippen MR) is 104 cm³/mol. The number of rotatable bonds is 3. The molecule has 0 atom stereocenters. The van der Waals surface area contributed by atoms with Crippen LogP contribution in [0, 0.1) is 0 Å². The number of para-hydroxylation sites is 2. The maximum absolute atomic E-state index is 12.7. The number of hydrogen-bond donors (Lipinski definition) is 1. The summed E-state index contributed by atoms with van der Waals surface area (Å²) in [7, 11) is 2.03. The van der Waals surface area contributed by atoms with Gasteiger partial charge in [-0.05, 0) is 12.1 Å². The van der Waals surface area contributed by atoms with Crippen LogP contribution in [-0.2, 0) is 26.6 Å². The summed E-state index contributed by atoms with van der Waals surface area (Å²) in [5, 5.41) is 0. The third kappa shape index (κ3) is 2.87. The van der Waals surface area contributed by atoms with Crippen molar-refractivity contribution in [2.24, 2.45) is 7.05 Å². The van der Waals surface area contributed by atoms with E-state index in [0.717, 1.165) is 41.1 Å². The van der Waals surface area contributed by atoms with Crippen molar-refractivity contribution in [3.8, 4) is 11.4 Å². The van der Waals surface area contributed by atoms with Crippen LogP contribution in [0.2, 0.25) is 0 Å². The molecule has 0 fully saturated rings. The average molecular weight is 373 g/mol. The highest BCUT2D eigenvalue weighted by Gasteiger charge is 2.23. The van der Waals surface area contributed by atoms with Crippen LogP contribution < -0.4 is 5.56 Å². The van der Waals surface area contributed by atoms with E-state index < -0.39 is 0 Å². The van der Waals surface area contributed by atoms with Crippen LogP contribution in [-0.4, -0.2) is 40.9 Å². The Kier molecular flexibility index (Phi) is 3.98. The van der Waals surface area contributed by atoms with Crippen LogP contribution in [0.4, 0.5) is 0 Å². The van der Waals surface area contributed by atoms with E-state index >= 15 is 0 Å². The average Bonchev–Trinajstić information content (AvgIpc) is 3.04. The third-order valence-electron chi connectivity index (χ3n) is 5.23. The van der Waals surface area contributed by atoms with Crippen LogP contribution in [0.3, 0.4) is 0 Å². The molecule has 4 heterocycles. The number of aromatic amines is 1. The molecular weight excluding hydrogens is 354 g/mol. The summed E-state index contributed by atoms with van der Waals surface area (Å²) in [5.41, 5.74) is 4.30. The summed E-state index contributed by atoms with van der Waals surface area (Å²) in [5.74, 6) is 1.51. The van der Waals surface area contributed by atoms with Crippen molar-refractivity contribution < 1.29 is 0 Å². The molecule has 0 saturated carbocycles. The fraction of sp³-hybridized carbons (Fsp3) is 0.250. The standard InChI is InChI=1S/C20H19N7O/c1-26-17-5-3-2-4-16(17)23-18(26)11-27-7-6-15-14(10-27)20(28)25-19(24-15)13-8-21-12-22-9-13/h2-5,8-9,12H,6-7,10-11H2,1H3,(H,24,25,28). The second-order valence-electron chi connectivity index (χ2n) is 7.00. The Morgan fingerprint density at radius 3 is 2.79 bits per heavy atom. The maximum atomic E-state index is 12.7. The summed E-state index contributed by atoms with van der Waals surface area (Å²) in [6, 6.07) is 8.11. The van der Waals surface area contributed by atoms with Gasteiger partial charge in [0, 0.05) is 39.0 Å². The maximum Gasteiger partial charge on any atom is 0.255 e. The second-order valence-corrected chi connectivity index (χ2v) is 7.00. The van der Waals surface area contributed by atoms with Gasteiger partial charge in [-0.1, -0.05) is 12.1 Å². The van der Waals surface area contributed by atoms with Crippen molar-refractivity contribution in [3.05, 3.63) is 70.4 Å². The molecule has 3 aromatic heterocycles. The summed E-state index contributed by atoms with van der Waals surface area (Å²) >= 11 is 0. The molecule has 8 heteroatoms. The first-order valence-electron chi connectivity index (χ1n) is 9.19. The van der Waals surface area contributed by atoms with E-state index in [9.17, 15) is 4.79 Å². The summed E-state index contributed by atoms with van der Waals surface area (Å²) in [6.45, 7) is 2.09. The van der Waals surface area contributed by atoms with Gasteiger partial charge in [0.15, 0.2) is 0 Å². The van der Waals surface area contributed by atoms with E-state index in [0.29, 0.717) is 24.5 Å². The van der Waals surface area contributed by atoms with Crippen LogP contribution in [0.25, 0.3) is 22.4 Å². The van der Waals surface area contributed by atoms with Gasteiger partial charge in [0.2, 0.25) is 0 Å². The van der Waals surface area contributed by atoms with Gasteiger partial charge in [0.05, 0.1) is 34.4 Å². The molecule has 5 rings (SSSR count). The molecule has 1 N–H and O–H groups in total. The molecule has 1 aliphatic rings. The normalized spacial score (nSPS) is 14.3. The zero-order valence-corrected chi connectivity index (χ0v) is 15.5. The summed E-state index contributed by atoms with van der Waals surface area (Å²) in [6.07, 6.45) is 5.49. The van der Waals surface area contributed by atoms with E-state index in [-0.39, 0.29) is 5.56 Å². The van der Waals surface area contributed by atoms with Gasteiger partial charge in [-0.25, -0.2) is 19.9 Å². The molecule has 0 unspecified atom stereocenters. The van der Waals surface area contributed by atoms with Crippen molar-refractivity contribution >= 4 is 11.0 Å². The number of fused-ring (bicyclic) bond motifs is 2. The molecule has 0 amide bonds. The Hall–Kier alpha value is -3.39. The molecule has 0 bridgehead atoms. The molecule has 0 aliphatic carbocycles. The van der Waals surface area contributed by atoms with E-state index in [2.05, 4.69) is 35.5 Å². The lowest BCUT2D eigenvalue weighted by atomic mass is 10.1. The second kappa shape index (κ2) is 6.65. The number of nitrogens with zero attached hydrogens (tertiary/aromatic N) is 6. The Labute approximate surface area is 160 Å². The quantitative estimate of drug-likeness (QED) is 0.587. The number of hydrogen-bond acceptors (Lipinski definition) is 6. The highest BCUT2D eigenvalue weighted by molar-refractivity contribution is 5.75. The zero-order chi connectivity index (χ0) is 19.1. The van der Waals surface area contributed by atoms with Gasteiger partial charge in [0.25, 0.3) is 5.56 Å². The van der Waals surface area contributed by atoms with Crippen LogP contribution in [0.1, 0.15) is 17.1 Å². The number of aryl methyl sites for hydroxylation is 1. The van der Waals surface area contributed by atoms with Crippen LogP contribution in [0.15, 0.2) is 47.8 Å². The van der Waals surface area contributed by atoms with Crippen molar-refractivity contribution in [1.29, 1.82) is 0 Å². The first-order chi connectivity index (χ1) is 13.7. The molecule has 0 radical (unpaired) electrons. The molecule has 8 nitrogen and oxygen atoms in total. The monoisotopic (exact) mass is 373 g/mol. The first-order valence-corrected chi connectivity index (χ1v) is 9.19. The zero-order valence-electron chi connectivity index (χ0n) is 15.5. The molecule has 140 valence electrons. The Morgan fingerprint density at radius 1 is 1.14 bits per heavy atom. The van der Waals surface area contributed by atoms with E-state index in [4.69, 9.17) is 4.98 Å². The van der Waals surface area contributed by atoms with Crippen molar-refractivity contribution in [1.82, 2.24) is 34.4 Å². The van der Waals surface area contributed by atoms with Crippen LogP contribution in [0.5, 0.6) is 0 Å². The number of imidazole rings is 1. The van der Waals surface area contributed by atoms with E-state index in [1.807, 2.05) is 25.2 Å². The smallest absolute Gasteiger partial charge is 0.255 e. The molecule has 0 saturated heterocycles. The van der Waals surface area contributed by atoms with Gasteiger partial charge >= 0.3 is 0 Å². The Morgan fingerprint density at radius 2 is 1.96 bits per heavy atom. The number of aromatic nitrogens is 6. The van der Waals surface area contributed by atoms with Crippen molar-refractivity contribution in [3.63, 3.8) is 0 Å². The molecule has 0 spiro atoms. The highest BCUT2D eigenvalue weighted by atomic mass is 16.1. The minimum absolute atomic E-state index is 0.0986. The third-order valence-corrected chi connectivity index (χ3v) is 5.23. The van der Waals surface area contributed by atoms with Crippen molar-refractivity contribution in [2.45, 2.75) is 19.5 Å². The fourth-order valence-electron chi connectivity index (χ4n) is 3.71. The number of benzene rings is 1. The lowest BCUT2D eigenvalue weighted by molar-refractivity contribution is 0.234.